The maximum Gasteiger partial charge on any atom is 2.00 e. The van der Waals surface area contributed by atoms with E-state index in [1.165, 1.54) is 42.4 Å². The third-order valence-electron chi connectivity index (χ3n) is 10.4. The molecule has 0 bridgehead atoms. The molecule has 1 aromatic carbocycles. The number of hydrogen-bond donors (Lipinski definition) is 0. The number of nitrogens with zero attached hydrogens (tertiary/aromatic N) is 10. The Labute approximate surface area is 427 Å². The van der Waals surface area contributed by atoms with E-state index in [0.29, 0.717) is 46.3 Å². The van der Waals surface area contributed by atoms with Gasteiger partial charge in [-0.25, -0.2) is 28.7 Å². The molecule has 0 fully saturated rings. The Morgan fingerprint density at radius 2 is 1.26 bits per heavy atom. The van der Waals surface area contributed by atoms with Crippen LogP contribution in [0.5, 0.6) is 11.5 Å². The van der Waals surface area contributed by atoms with E-state index in [-0.39, 0.29) is 54.1 Å². The molecule has 0 saturated heterocycles. The summed E-state index contributed by atoms with van der Waals surface area (Å²) in [5.41, 5.74) is 2.94. The minimum atomic E-state index is -4.69. The molecular formula is C51H43F5N10O4RuS. The maximum absolute atomic E-state index is 13.0. The fourth-order valence-corrected chi connectivity index (χ4v) is 7.79. The molecule has 370 valence electrons. The van der Waals surface area contributed by atoms with Gasteiger partial charge in [0.25, 0.3) is 19.4 Å². The summed E-state index contributed by atoms with van der Waals surface area (Å²) < 4.78 is 74.9. The Morgan fingerprint density at radius 1 is 0.639 bits per heavy atom. The van der Waals surface area contributed by atoms with Gasteiger partial charge in [0, 0.05) is 46.6 Å². The topological polar surface area (TPSA) is 184 Å². The van der Waals surface area contributed by atoms with E-state index in [9.17, 15) is 31.5 Å². The van der Waals surface area contributed by atoms with E-state index in [2.05, 4.69) is 88.1 Å². The van der Waals surface area contributed by atoms with Crippen LogP contribution < -0.4 is 19.7 Å². The van der Waals surface area contributed by atoms with Crippen LogP contribution in [0.3, 0.4) is 0 Å². The quantitative estimate of drug-likeness (QED) is 0.0245. The monoisotopic (exact) mass is 1090 g/mol. The van der Waals surface area contributed by atoms with Crippen molar-refractivity contribution in [1.29, 1.82) is 0 Å². The first kappa shape index (κ1) is 53.9. The molecule has 0 atom stereocenters. The molecular weight excluding hydrogens is 1040 g/mol. The average Bonchev–Trinajstić information content (AvgIpc) is 4.19. The zero-order valence-corrected chi connectivity index (χ0v) is 41.1. The van der Waals surface area contributed by atoms with Gasteiger partial charge in [-0.3, -0.25) is 19.6 Å². The number of benzene rings is 1. The summed E-state index contributed by atoms with van der Waals surface area (Å²) in [5, 5.41) is 13.8. The summed E-state index contributed by atoms with van der Waals surface area (Å²) in [6.45, 7) is 5.02. The number of aryl methyl sites for hydroxylation is 2. The van der Waals surface area contributed by atoms with E-state index in [0.717, 1.165) is 66.7 Å². The van der Waals surface area contributed by atoms with Crippen molar-refractivity contribution < 1.29 is 60.5 Å². The SMILES string of the molecule is CCCCCCc1ccc(-c2nc(-c3cc(C(F)F)n[n-]3)nc(-c3cc(C(F)(F)F)n[n-]3)n2)s1.CCCCCc1ccc(C#Cc2ccc(-c3cc(OC=O)cc(-c4cc(OC=O)ccn4)n3)nc2)cc1.[Ru+2]. The molecule has 0 aliphatic heterocycles. The molecule has 72 heavy (non-hydrogen) atoms. The standard InChI is InChI=1S/C30H25N3O4.C21H18F5N7S.Ru/c1-2-3-4-5-22-6-8-23(9-7-22)10-11-24-12-13-27(32-19-24)29-17-26(37-21-35)18-30(33-29)28-16-25(36-20-34)14-15-31-28;1-2-3-4-5-6-11-7-8-15(34-11)20-28-18(13-9-12(17(22)23)30-31-13)27-19(29-20)14-10-16(33-32-14)21(24,25)26;/h6-9,12-21H,2-5H2,1H3;7-10,17H,2-6H2,1H3;/q;-2;+2. The zero-order chi connectivity index (χ0) is 50.2. The second kappa shape index (κ2) is 26.1. The van der Waals surface area contributed by atoms with E-state index in [4.69, 9.17) is 9.47 Å². The molecule has 7 heterocycles. The minimum Gasteiger partial charge on any atom is -0.572 e. The molecule has 0 aliphatic rings. The molecule has 8 rings (SSSR count). The second-order valence-electron chi connectivity index (χ2n) is 15.7. The number of alkyl halides is 5. The first-order chi connectivity index (χ1) is 34.4. The fourth-order valence-electron chi connectivity index (χ4n) is 6.81. The van der Waals surface area contributed by atoms with Crippen LogP contribution in [-0.2, 0) is 48.1 Å². The van der Waals surface area contributed by atoms with Gasteiger partial charge in [0.15, 0.2) is 5.82 Å². The second-order valence-corrected chi connectivity index (χ2v) is 16.8. The number of carbonyl (C=O) groups excluding carboxylic acids is 2. The van der Waals surface area contributed by atoms with Crippen molar-refractivity contribution in [2.75, 3.05) is 0 Å². The van der Waals surface area contributed by atoms with Crippen molar-refractivity contribution in [3.05, 3.63) is 130 Å². The van der Waals surface area contributed by atoms with Crippen LogP contribution in [0.4, 0.5) is 22.0 Å². The molecule has 0 N–H and O–H groups in total. The molecule has 14 nitrogen and oxygen atoms in total. The number of unbranched alkanes of at least 4 members (excludes halogenated alkanes) is 5. The Balaban J connectivity index is 0.000000233. The largest absolute Gasteiger partial charge is 2.00 e. The van der Waals surface area contributed by atoms with Crippen LogP contribution in [0.2, 0.25) is 0 Å². The van der Waals surface area contributed by atoms with Gasteiger partial charge >= 0.3 is 25.7 Å². The van der Waals surface area contributed by atoms with Crippen molar-refractivity contribution in [2.45, 2.75) is 84.2 Å². The van der Waals surface area contributed by atoms with E-state index < -0.39 is 24.0 Å². The number of ether oxygens (including phenoxy) is 2. The summed E-state index contributed by atoms with van der Waals surface area (Å²) >= 11 is 1.45. The number of pyridine rings is 3. The van der Waals surface area contributed by atoms with Crippen LogP contribution in [0.15, 0.2) is 97.3 Å². The maximum atomic E-state index is 13.0. The van der Waals surface area contributed by atoms with E-state index >= 15 is 0 Å². The summed E-state index contributed by atoms with van der Waals surface area (Å²) in [6, 6.07) is 23.8. The molecule has 7 aromatic heterocycles. The minimum absolute atomic E-state index is 0. The Morgan fingerprint density at radius 3 is 1.92 bits per heavy atom. The van der Waals surface area contributed by atoms with Crippen molar-refractivity contribution in [3.8, 4) is 79.9 Å². The molecule has 0 spiro atoms. The van der Waals surface area contributed by atoms with E-state index in [1.54, 1.807) is 36.5 Å². The third kappa shape index (κ3) is 15.0. The van der Waals surface area contributed by atoms with Gasteiger partial charge in [-0.15, -0.1) is 11.3 Å². The van der Waals surface area contributed by atoms with Gasteiger partial charge in [0.05, 0.1) is 33.3 Å². The smallest absolute Gasteiger partial charge is 0.572 e. The molecule has 21 heteroatoms. The first-order valence-electron chi connectivity index (χ1n) is 22.4. The third-order valence-corrected chi connectivity index (χ3v) is 11.6. The number of halogens is 5. The summed E-state index contributed by atoms with van der Waals surface area (Å²) in [6.07, 6.45) is 5.71. The van der Waals surface area contributed by atoms with Gasteiger partial charge in [-0.1, -0.05) is 81.3 Å². The van der Waals surface area contributed by atoms with E-state index in [1.807, 2.05) is 30.3 Å². The van der Waals surface area contributed by atoms with Crippen LogP contribution in [0.1, 0.15) is 98.2 Å². The number of hydrogen-bond acceptors (Lipinski definition) is 13. The van der Waals surface area contributed by atoms with Gasteiger partial charge in [-0.05, 0) is 85.8 Å². The number of rotatable bonds is 19. The van der Waals surface area contributed by atoms with Gasteiger partial charge in [0.1, 0.15) is 28.8 Å². The van der Waals surface area contributed by atoms with Crippen LogP contribution in [-0.4, -0.2) is 53.0 Å². The Bertz CT molecular complexity index is 3100. The molecule has 0 amide bonds. The number of carbonyl (C=O) groups is 2. The van der Waals surface area contributed by atoms with Crippen LogP contribution in [0.25, 0.3) is 56.5 Å². The molecule has 0 radical (unpaired) electrons. The fraction of sp³-hybridized carbons (Fsp3) is 0.255. The van der Waals surface area contributed by atoms with Crippen molar-refractivity contribution >= 4 is 24.3 Å². The molecule has 0 aliphatic carbocycles. The molecule has 0 unspecified atom stereocenters. The molecule has 0 saturated carbocycles. The van der Waals surface area contributed by atoms with Gasteiger partial charge < -0.3 is 29.9 Å². The average molecular weight is 1090 g/mol. The predicted molar refractivity (Wildman–Crippen MR) is 254 cm³/mol. The van der Waals surface area contributed by atoms with Gasteiger partial charge in [-0.2, -0.15) is 13.2 Å². The van der Waals surface area contributed by atoms with Gasteiger partial charge in [0.2, 0.25) is 0 Å². The summed E-state index contributed by atoms with van der Waals surface area (Å²) in [5.74, 6) is 6.80. The van der Waals surface area contributed by atoms with Crippen LogP contribution in [0, 0.1) is 11.8 Å². The number of thiophene rings is 1. The van der Waals surface area contributed by atoms with Crippen molar-refractivity contribution in [2.24, 2.45) is 0 Å². The predicted octanol–water partition coefficient (Wildman–Crippen LogP) is 11.1. The zero-order valence-electron chi connectivity index (χ0n) is 38.6. The number of aromatic nitrogens is 10. The summed E-state index contributed by atoms with van der Waals surface area (Å²) in [7, 11) is 0. The Kier molecular flexibility index (Phi) is 19.6. The van der Waals surface area contributed by atoms with Crippen molar-refractivity contribution in [3.63, 3.8) is 0 Å². The molecule has 8 aromatic rings. The van der Waals surface area contributed by atoms with Crippen LogP contribution >= 0.6 is 11.3 Å². The van der Waals surface area contributed by atoms with Crippen molar-refractivity contribution in [1.82, 2.24) is 50.3 Å². The normalized spacial score (nSPS) is 10.9. The Hall–Kier alpha value is -7.43. The first-order valence-corrected chi connectivity index (χ1v) is 23.2. The summed E-state index contributed by atoms with van der Waals surface area (Å²) in [4.78, 5) is 49.5.